The maximum Gasteiger partial charge on any atom is 0.573 e. The second-order valence-corrected chi connectivity index (χ2v) is 6.92. The highest BCUT2D eigenvalue weighted by atomic mass is 19.4. The maximum atomic E-state index is 12.5. The molecule has 0 saturated carbocycles. The first-order chi connectivity index (χ1) is 14.8. The Bertz CT molecular complexity index is 1120. The van der Waals surface area contributed by atoms with Crippen LogP contribution in [0.5, 0.6) is 5.75 Å². The molecule has 7 nitrogen and oxygen atoms in total. The summed E-state index contributed by atoms with van der Waals surface area (Å²) in [5.74, 6) is -0.0938. The molecular formula is C21H16F3N5O2. The van der Waals surface area contributed by atoms with Crippen molar-refractivity contribution >= 4 is 0 Å². The molecule has 4 rings (SSSR count). The van der Waals surface area contributed by atoms with Gasteiger partial charge in [0.05, 0.1) is 18.2 Å². The van der Waals surface area contributed by atoms with Gasteiger partial charge < -0.3 is 14.3 Å². The third-order valence-corrected chi connectivity index (χ3v) is 4.83. The standard InChI is InChI=1S/C21H16F3N5O2/c1-14-10-20(19-26-13-27-31-19,17-6-8-18(9-7-17)30-21(22,23)24)28-29(14)12-16-4-2-15(11-25)3-5-16/h2-10,13,28H,12H2,1H3. The molecule has 1 atom stereocenters. The Labute approximate surface area is 175 Å². The van der Waals surface area contributed by atoms with E-state index in [0.717, 1.165) is 11.3 Å². The van der Waals surface area contributed by atoms with E-state index in [1.54, 1.807) is 12.1 Å². The minimum Gasteiger partial charge on any atom is -0.406 e. The molecule has 2 heterocycles. The van der Waals surface area contributed by atoms with Crippen molar-refractivity contribution in [2.45, 2.75) is 25.4 Å². The van der Waals surface area contributed by atoms with Crippen LogP contribution in [0.25, 0.3) is 0 Å². The minimum atomic E-state index is -4.77. The Morgan fingerprint density at radius 1 is 1.16 bits per heavy atom. The molecule has 1 unspecified atom stereocenters. The molecule has 0 bridgehead atoms. The summed E-state index contributed by atoms with van der Waals surface area (Å²) in [5, 5.41) is 14.5. The number of alkyl halides is 3. The van der Waals surface area contributed by atoms with Gasteiger partial charge in [-0.1, -0.05) is 29.4 Å². The fraction of sp³-hybridized carbons (Fsp3) is 0.190. The van der Waals surface area contributed by atoms with E-state index in [0.29, 0.717) is 17.7 Å². The summed E-state index contributed by atoms with van der Waals surface area (Å²) < 4.78 is 46.8. The van der Waals surface area contributed by atoms with Crippen molar-refractivity contribution in [1.29, 1.82) is 5.26 Å². The highest BCUT2D eigenvalue weighted by Crippen LogP contribution is 2.38. The monoisotopic (exact) mass is 427 g/mol. The number of halogens is 3. The number of ether oxygens (including phenoxy) is 1. The van der Waals surface area contributed by atoms with E-state index in [4.69, 9.17) is 9.78 Å². The lowest BCUT2D eigenvalue weighted by molar-refractivity contribution is -0.274. The van der Waals surface area contributed by atoms with Crippen LogP contribution in [0.2, 0.25) is 0 Å². The fourth-order valence-electron chi connectivity index (χ4n) is 3.40. The van der Waals surface area contributed by atoms with E-state index in [9.17, 15) is 13.2 Å². The molecule has 0 aliphatic carbocycles. The van der Waals surface area contributed by atoms with Gasteiger partial charge in [0, 0.05) is 5.70 Å². The van der Waals surface area contributed by atoms with E-state index >= 15 is 0 Å². The Kier molecular flexibility index (Phi) is 5.12. The number of hydrazine groups is 1. The third kappa shape index (κ3) is 4.22. The Morgan fingerprint density at radius 3 is 2.45 bits per heavy atom. The van der Waals surface area contributed by atoms with Gasteiger partial charge in [0.1, 0.15) is 5.75 Å². The summed E-state index contributed by atoms with van der Waals surface area (Å²) in [6.07, 6.45) is -1.65. The number of allylic oxidation sites excluding steroid dienone is 1. The number of aromatic nitrogens is 2. The fourth-order valence-corrected chi connectivity index (χ4v) is 3.40. The van der Waals surface area contributed by atoms with Crippen molar-refractivity contribution in [3.8, 4) is 11.8 Å². The molecule has 0 saturated heterocycles. The average molecular weight is 427 g/mol. The lowest BCUT2D eigenvalue weighted by atomic mass is 9.90. The van der Waals surface area contributed by atoms with Crippen LogP contribution in [0.3, 0.4) is 0 Å². The van der Waals surface area contributed by atoms with Crippen LogP contribution >= 0.6 is 0 Å². The van der Waals surface area contributed by atoms with Crippen LogP contribution in [0.4, 0.5) is 13.2 Å². The van der Waals surface area contributed by atoms with E-state index in [1.165, 1.54) is 30.6 Å². The van der Waals surface area contributed by atoms with Crippen molar-refractivity contribution in [3.05, 3.63) is 89.2 Å². The van der Waals surface area contributed by atoms with Crippen LogP contribution in [-0.4, -0.2) is 21.5 Å². The third-order valence-electron chi connectivity index (χ3n) is 4.83. The normalized spacial score (nSPS) is 18.5. The Morgan fingerprint density at radius 2 is 1.87 bits per heavy atom. The van der Waals surface area contributed by atoms with Crippen LogP contribution in [-0.2, 0) is 12.1 Å². The first kappa shape index (κ1) is 20.4. The molecular weight excluding hydrogens is 411 g/mol. The van der Waals surface area contributed by atoms with Crippen molar-refractivity contribution in [1.82, 2.24) is 20.6 Å². The van der Waals surface area contributed by atoms with Crippen LogP contribution in [0.1, 0.15) is 29.5 Å². The molecule has 31 heavy (non-hydrogen) atoms. The molecule has 0 spiro atoms. The zero-order valence-electron chi connectivity index (χ0n) is 16.2. The molecule has 1 aromatic heterocycles. The summed E-state index contributed by atoms with van der Waals surface area (Å²) in [4.78, 5) is 4.17. The second kappa shape index (κ2) is 7.77. The van der Waals surface area contributed by atoms with Crippen LogP contribution in [0.15, 0.2) is 71.2 Å². The topological polar surface area (TPSA) is 87.2 Å². The van der Waals surface area contributed by atoms with E-state index in [1.807, 2.05) is 30.1 Å². The van der Waals surface area contributed by atoms with E-state index in [-0.39, 0.29) is 11.6 Å². The smallest absolute Gasteiger partial charge is 0.406 e. The maximum absolute atomic E-state index is 12.5. The number of rotatable bonds is 5. The number of hydrogen-bond donors (Lipinski definition) is 1. The molecule has 0 radical (unpaired) electrons. The van der Waals surface area contributed by atoms with Gasteiger partial charge in [0.15, 0.2) is 11.9 Å². The summed E-state index contributed by atoms with van der Waals surface area (Å²) >= 11 is 0. The van der Waals surface area contributed by atoms with Crippen molar-refractivity contribution in [3.63, 3.8) is 0 Å². The van der Waals surface area contributed by atoms with Gasteiger partial charge in [-0.2, -0.15) is 10.2 Å². The number of nitrogens with zero attached hydrogens (tertiary/aromatic N) is 4. The van der Waals surface area contributed by atoms with Gasteiger partial charge in [-0.25, -0.2) is 5.43 Å². The number of hydrogen-bond acceptors (Lipinski definition) is 7. The van der Waals surface area contributed by atoms with Crippen LogP contribution in [0, 0.1) is 11.3 Å². The number of nitrogens with one attached hydrogen (secondary N) is 1. The Hall–Kier alpha value is -3.84. The van der Waals surface area contributed by atoms with Gasteiger partial charge in [0.25, 0.3) is 5.89 Å². The van der Waals surface area contributed by atoms with Crippen molar-refractivity contribution < 1.29 is 22.4 Å². The molecule has 1 aliphatic rings. The first-order valence-electron chi connectivity index (χ1n) is 9.16. The zero-order valence-corrected chi connectivity index (χ0v) is 16.2. The molecule has 2 aromatic carbocycles. The second-order valence-electron chi connectivity index (χ2n) is 6.92. The molecule has 1 N–H and O–H groups in total. The van der Waals surface area contributed by atoms with E-state index < -0.39 is 11.9 Å². The predicted octanol–water partition coefficient (Wildman–Crippen LogP) is 4.01. The summed E-state index contributed by atoms with van der Waals surface area (Å²) in [6.45, 7) is 2.36. The Balaban J connectivity index is 1.64. The highest BCUT2D eigenvalue weighted by Gasteiger charge is 2.44. The van der Waals surface area contributed by atoms with Crippen molar-refractivity contribution in [2.75, 3.05) is 0 Å². The lowest BCUT2D eigenvalue weighted by Crippen LogP contribution is -2.45. The van der Waals surface area contributed by atoms with Gasteiger partial charge in [-0.3, -0.25) is 0 Å². The summed E-state index contributed by atoms with van der Waals surface area (Å²) in [7, 11) is 0. The van der Waals surface area contributed by atoms with Gasteiger partial charge in [-0.05, 0) is 48.4 Å². The zero-order chi connectivity index (χ0) is 22.1. The largest absolute Gasteiger partial charge is 0.573 e. The average Bonchev–Trinajstić information content (AvgIpc) is 3.38. The highest BCUT2D eigenvalue weighted by molar-refractivity contribution is 5.43. The van der Waals surface area contributed by atoms with Gasteiger partial charge >= 0.3 is 6.36 Å². The van der Waals surface area contributed by atoms with Gasteiger partial charge in [0.2, 0.25) is 0 Å². The molecule has 0 amide bonds. The summed E-state index contributed by atoms with van der Waals surface area (Å²) in [5.41, 5.74) is 5.22. The molecule has 158 valence electrons. The minimum absolute atomic E-state index is 0.235. The van der Waals surface area contributed by atoms with Crippen molar-refractivity contribution in [2.24, 2.45) is 0 Å². The number of benzene rings is 2. The van der Waals surface area contributed by atoms with E-state index in [2.05, 4.69) is 26.4 Å². The SMILES string of the molecule is CC1=CC(c2ccc(OC(F)(F)F)cc2)(c2ncno2)NN1Cc1ccc(C#N)cc1. The first-order valence-corrected chi connectivity index (χ1v) is 9.16. The predicted molar refractivity (Wildman–Crippen MR) is 102 cm³/mol. The molecule has 10 heteroatoms. The molecule has 3 aromatic rings. The van der Waals surface area contributed by atoms with Crippen LogP contribution < -0.4 is 10.2 Å². The molecule has 0 fully saturated rings. The van der Waals surface area contributed by atoms with Gasteiger partial charge in [-0.15, -0.1) is 13.2 Å². The number of nitriles is 1. The quantitative estimate of drug-likeness (QED) is 0.658. The lowest BCUT2D eigenvalue weighted by Gasteiger charge is -2.29. The summed E-state index contributed by atoms with van der Waals surface area (Å²) in [6, 6.07) is 14.7. The molecule has 1 aliphatic heterocycles.